The van der Waals surface area contributed by atoms with Gasteiger partial charge in [0.15, 0.2) is 18.2 Å². The molecule has 158 valence electrons. The normalized spacial score (nSPS) is 21.1. The van der Waals surface area contributed by atoms with Crippen LogP contribution >= 0.6 is 0 Å². The number of hydrogen-bond donors (Lipinski definition) is 1. The van der Waals surface area contributed by atoms with Crippen LogP contribution in [0, 0.1) is 0 Å². The van der Waals surface area contributed by atoms with Crippen LogP contribution in [0.3, 0.4) is 0 Å². The van der Waals surface area contributed by atoms with E-state index in [4.69, 9.17) is 4.99 Å². The van der Waals surface area contributed by atoms with E-state index < -0.39 is 12.2 Å². The Morgan fingerprint density at radius 1 is 1.07 bits per heavy atom. The fraction of sp³-hybridized carbons (Fsp3) is 0.591. The molecule has 0 radical (unpaired) electrons. The average molecular weight is 400 g/mol. The molecule has 1 aromatic rings. The number of rotatable bonds is 9. The maximum atomic E-state index is 12.7. The molecule has 2 heterocycles. The van der Waals surface area contributed by atoms with E-state index in [-0.39, 0.29) is 11.9 Å². The number of guanidine groups is 1. The number of carbonyl (C=O) groups is 2. The Bertz CT molecular complexity index is 736. The van der Waals surface area contributed by atoms with Crippen molar-refractivity contribution < 1.29 is 9.59 Å². The van der Waals surface area contributed by atoms with Crippen LogP contribution in [0.1, 0.15) is 51.0 Å². The minimum absolute atomic E-state index is 0.254. The summed E-state index contributed by atoms with van der Waals surface area (Å²) in [5, 5.41) is 2.47. The van der Waals surface area contributed by atoms with Crippen LogP contribution in [0.2, 0.25) is 0 Å². The first kappa shape index (κ1) is 21.1. The molecular weight excluding hydrogens is 366 g/mol. The van der Waals surface area contributed by atoms with Crippen LogP contribution in [0.5, 0.6) is 0 Å². The monoisotopic (exact) mass is 399 g/mol. The van der Waals surface area contributed by atoms with Gasteiger partial charge < -0.3 is 14.7 Å². The second-order valence-corrected chi connectivity index (χ2v) is 8.00. The maximum Gasteiger partial charge on any atom is 0.325 e. The van der Waals surface area contributed by atoms with E-state index in [9.17, 15) is 9.59 Å². The topological polar surface area (TPSA) is 68.2 Å². The van der Waals surface area contributed by atoms with Crippen LogP contribution in [0.4, 0.5) is 4.79 Å². The summed E-state index contributed by atoms with van der Waals surface area (Å²) in [5.74, 6) is 0.532. The summed E-state index contributed by atoms with van der Waals surface area (Å²) >= 11 is 0. The number of hydrogen-bond acceptors (Lipinski definition) is 5. The van der Waals surface area contributed by atoms with Crippen molar-refractivity contribution >= 4 is 17.9 Å². The number of fused-ring (bicyclic) bond motifs is 1. The number of likely N-dealkylation sites (N-methyl/N-ethyl adjacent to an activating group) is 1. The zero-order valence-electron chi connectivity index (χ0n) is 17.8. The summed E-state index contributed by atoms with van der Waals surface area (Å²) in [7, 11) is 3.70. The van der Waals surface area contributed by atoms with E-state index in [1.165, 1.54) is 36.1 Å². The van der Waals surface area contributed by atoms with Gasteiger partial charge in [0.25, 0.3) is 5.91 Å². The Morgan fingerprint density at radius 3 is 2.48 bits per heavy atom. The van der Waals surface area contributed by atoms with Gasteiger partial charge in [-0.25, -0.2) is 9.79 Å². The van der Waals surface area contributed by atoms with E-state index in [2.05, 4.69) is 34.2 Å². The summed E-state index contributed by atoms with van der Waals surface area (Å²) in [5.41, 5.74) is 1.18. The van der Waals surface area contributed by atoms with Gasteiger partial charge in [-0.3, -0.25) is 10.1 Å². The lowest BCUT2D eigenvalue weighted by atomic mass is 10.1. The third kappa shape index (κ3) is 4.89. The molecule has 2 aliphatic heterocycles. The van der Waals surface area contributed by atoms with Gasteiger partial charge in [0.1, 0.15) is 0 Å². The quantitative estimate of drug-likeness (QED) is 0.648. The summed E-state index contributed by atoms with van der Waals surface area (Å²) < 4.78 is 0. The number of carbonyl (C=O) groups excluding carboxylic acids is 2. The summed E-state index contributed by atoms with van der Waals surface area (Å²) in [6, 6.07) is 9.37. The van der Waals surface area contributed by atoms with Crippen molar-refractivity contribution in [1.29, 1.82) is 0 Å². The van der Waals surface area contributed by atoms with Crippen molar-refractivity contribution in [3.05, 3.63) is 35.9 Å². The highest BCUT2D eigenvalue weighted by Crippen LogP contribution is 2.26. The Kier molecular flexibility index (Phi) is 7.12. The lowest BCUT2D eigenvalue weighted by molar-refractivity contribution is -0.127. The Hall–Kier alpha value is -2.57. The Morgan fingerprint density at radius 2 is 1.76 bits per heavy atom. The molecular formula is C22H33N5O2. The highest BCUT2D eigenvalue weighted by atomic mass is 16.2. The van der Waals surface area contributed by atoms with Gasteiger partial charge in [-0.15, -0.1) is 0 Å². The number of nitrogens with one attached hydrogen (secondary N) is 1. The molecule has 0 aliphatic carbocycles. The Balaban J connectivity index is 1.72. The van der Waals surface area contributed by atoms with Crippen molar-refractivity contribution in [2.24, 2.45) is 4.99 Å². The lowest BCUT2D eigenvalue weighted by Gasteiger charge is -2.37. The van der Waals surface area contributed by atoms with Gasteiger partial charge >= 0.3 is 6.03 Å². The van der Waals surface area contributed by atoms with Crippen molar-refractivity contribution in [3.63, 3.8) is 0 Å². The molecule has 1 aromatic carbocycles. The van der Waals surface area contributed by atoms with Crippen LogP contribution in [0.15, 0.2) is 35.3 Å². The molecule has 7 nitrogen and oxygen atoms in total. The van der Waals surface area contributed by atoms with E-state index in [1.54, 1.807) is 7.05 Å². The van der Waals surface area contributed by atoms with Crippen LogP contribution in [-0.4, -0.2) is 65.4 Å². The molecule has 1 saturated heterocycles. The minimum atomic E-state index is -0.468. The summed E-state index contributed by atoms with van der Waals surface area (Å²) in [4.78, 5) is 35.2. The zero-order chi connectivity index (χ0) is 20.8. The van der Waals surface area contributed by atoms with Crippen molar-refractivity contribution in [2.75, 3.05) is 20.6 Å². The minimum Gasteiger partial charge on any atom is -0.341 e. The average Bonchev–Trinajstić information content (AvgIpc) is 3.10. The molecule has 3 rings (SSSR count). The molecule has 2 atom stereocenters. The molecule has 0 bridgehead atoms. The second kappa shape index (κ2) is 9.76. The van der Waals surface area contributed by atoms with Crippen molar-refractivity contribution in [1.82, 2.24) is 20.0 Å². The molecule has 1 N–H and O–H groups in total. The number of imide groups is 1. The van der Waals surface area contributed by atoms with E-state index in [0.29, 0.717) is 6.54 Å². The highest BCUT2D eigenvalue weighted by molar-refractivity contribution is 6.03. The van der Waals surface area contributed by atoms with Gasteiger partial charge in [-0.1, -0.05) is 69.4 Å². The lowest BCUT2D eigenvalue weighted by Crippen LogP contribution is -2.64. The SMILES string of the molecule is CCCCCCCCN1C(N(C)Cc2ccccc2)=NC2C1C(=O)NC(=O)N2C. The third-order valence-electron chi connectivity index (χ3n) is 5.70. The third-order valence-corrected chi connectivity index (χ3v) is 5.70. The largest absolute Gasteiger partial charge is 0.341 e. The summed E-state index contributed by atoms with van der Waals surface area (Å²) in [6.07, 6.45) is 6.66. The number of unbranched alkanes of at least 4 members (excludes halogenated alkanes) is 5. The fourth-order valence-corrected chi connectivity index (χ4v) is 4.06. The van der Waals surface area contributed by atoms with Gasteiger partial charge in [0, 0.05) is 27.2 Å². The number of nitrogens with zero attached hydrogens (tertiary/aromatic N) is 4. The summed E-state index contributed by atoms with van der Waals surface area (Å²) in [6.45, 7) is 3.68. The van der Waals surface area contributed by atoms with E-state index in [0.717, 1.165) is 25.3 Å². The first-order valence-corrected chi connectivity index (χ1v) is 10.7. The zero-order valence-corrected chi connectivity index (χ0v) is 17.8. The van der Waals surface area contributed by atoms with E-state index >= 15 is 0 Å². The van der Waals surface area contributed by atoms with Gasteiger partial charge in [0.05, 0.1) is 0 Å². The van der Waals surface area contributed by atoms with Gasteiger partial charge in [-0.2, -0.15) is 0 Å². The van der Waals surface area contributed by atoms with Crippen LogP contribution < -0.4 is 5.32 Å². The smallest absolute Gasteiger partial charge is 0.325 e. The van der Waals surface area contributed by atoms with Gasteiger partial charge in [0.2, 0.25) is 0 Å². The molecule has 2 unspecified atom stereocenters. The molecule has 0 spiro atoms. The highest BCUT2D eigenvalue weighted by Gasteiger charge is 2.49. The predicted octanol–water partition coefficient (Wildman–Crippen LogP) is 3.03. The van der Waals surface area contributed by atoms with Gasteiger partial charge in [-0.05, 0) is 12.0 Å². The second-order valence-electron chi connectivity index (χ2n) is 8.00. The number of urea groups is 1. The predicted molar refractivity (Wildman–Crippen MR) is 114 cm³/mol. The maximum absolute atomic E-state index is 12.7. The number of aliphatic imine (C=N–C) groups is 1. The molecule has 0 saturated carbocycles. The number of benzene rings is 1. The Labute approximate surface area is 173 Å². The van der Waals surface area contributed by atoms with Crippen LogP contribution in [0.25, 0.3) is 0 Å². The molecule has 2 aliphatic rings. The molecule has 0 aromatic heterocycles. The standard InChI is InChI=1S/C22H33N5O2/c1-4-5-6-7-8-12-15-27-18-19(26(3)22(29)24-20(18)28)23-21(27)25(2)16-17-13-10-9-11-14-17/h9-11,13-14,18-19H,4-8,12,15-16H2,1-3H3,(H,24,28,29). The molecule has 7 heteroatoms. The first-order valence-electron chi connectivity index (χ1n) is 10.7. The fourth-order valence-electron chi connectivity index (χ4n) is 4.06. The first-order chi connectivity index (χ1) is 14.0. The molecule has 3 amide bonds. The molecule has 1 fully saturated rings. The number of amides is 3. The van der Waals surface area contributed by atoms with Crippen molar-refractivity contribution in [2.45, 2.75) is 64.2 Å². The van der Waals surface area contributed by atoms with Crippen LogP contribution in [-0.2, 0) is 11.3 Å². The molecule has 29 heavy (non-hydrogen) atoms. The van der Waals surface area contributed by atoms with Crippen molar-refractivity contribution in [3.8, 4) is 0 Å². The van der Waals surface area contributed by atoms with E-state index in [1.807, 2.05) is 25.2 Å².